The molecule has 0 atom stereocenters. The molecule has 8 heteroatoms. The fraction of sp³-hybridized carbons (Fsp3) is 0.0952. The zero-order valence-corrected chi connectivity index (χ0v) is 14.4. The molecule has 1 aromatic heterocycles. The molecule has 0 aliphatic carbocycles. The van der Waals surface area contributed by atoms with Gasteiger partial charge in [0.05, 0.1) is 16.6 Å². The molecule has 29 heavy (non-hydrogen) atoms. The molecule has 0 unspecified atom stereocenters. The molecule has 148 valence electrons. The molecule has 4 rings (SSSR count). The highest BCUT2D eigenvalue weighted by molar-refractivity contribution is 6.12. The van der Waals surface area contributed by atoms with Crippen LogP contribution in [0.25, 0.3) is 32.9 Å². The van der Waals surface area contributed by atoms with Crippen LogP contribution in [-0.4, -0.2) is 11.3 Å². The molecule has 4 aromatic rings. The Morgan fingerprint density at radius 2 is 1.34 bits per heavy atom. The van der Waals surface area contributed by atoms with Crippen LogP contribution in [0.2, 0.25) is 0 Å². The van der Waals surface area contributed by atoms with Crippen molar-refractivity contribution in [3.8, 4) is 11.1 Å². The maximum Gasteiger partial charge on any atom is 0.416 e. The zero-order chi connectivity index (χ0) is 21.0. The first kappa shape index (κ1) is 19.0. The number of benzene rings is 3. The highest BCUT2D eigenvalue weighted by atomic mass is 19.4. The summed E-state index contributed by atoms with van der Waals surface area (Å²) in [5, 5.41) is 0.0853. The molecular weight excluding hydrogens is 396 g/mol. The Morgan fingerprint density at radius 3 is 1.93 bits per heavy atom. The Kier molecular flexibility index (Phi) is 4.18. The van der Waals surface area contributed by atoms with E-state index in [-0.39, 0.29) is 27.4 Å². The fourth-order valence-electron chi connectivity index (χ4n) is 3.31. The first-order valence-corrected chi connectivity index (χ1v) is 8.37. The third kappa shape index (κ3) is 3.35. The summed E-state index contributed by atoms with van der Waals surface area (Å²) >= 11 is 0. The van der Waals surface area contributed by atoms with Gasteiger partial charge in [0, 0.05) is 27.4 Å². The summed E-state index contributed by atoms with van der Waals surface area (Å²) in [6.07, 6.45) is -8.70. The largest absolute Gasteiger partial charge is 0.416 e. The first-order chi connectivity index (χ1) is 13.6. The Hall–Kier alpha value is -3.29. The predicted octanol–water partition coefficient (Wildman–Crippen LogP) is 6.84. The molecular formula is C21H11F6NO. The number of aromatic nitrogens is 1. The number of carbonyl (C=O) groups excluding carboxylic acids is 1. The summed E-state index contributed by atoms with van der Waals surface area (Å²) in [6, 6.07) is 10.6. The second-order valence-electron chi connectivity index (χ2n) is 6.57. The molecule has 0 saturated heterocycles. The summed E-state index contributed by atoms with van der Waals surface area (Å²) in [5.74, 6) is 0. The Labute approximate surface area is 159 Å². The Balaban J connectivity index is 2.07. The normalized spacial score (nSPS) is 12.6. The lowest BCUT2D eigenvalue weighted by atomic mass is 9.97. The first-order valence-electron chi connectivity index (χ1n) is 8.37. The molecule has 1 N–H and O–H groups in total. The monoisotopic (exact) mass is 407 g/mol. The number of hydrogen-bond donors (Lipinski definition) is 1. The maximum atomic E-state index is 13.5. The van der Waals surface area contributed by atoms with Gasteiger partial charge >= 0.3 is 12.4 Å². The Bertz CT molecular complexity index is 1230. The van der Waals surface area contributed by atoms with E-state index in [1.165, 1.54) is 30.3 Å². The SMILES string of the molecule is O=Cc1ccc(-c2cc(C(F)(F)F)cc3c2[nH]c2ccc(C(F)(F)F)cc23)cc1. The second kappa shape index (κ2) is 6.37. The van der Waals surface area contributed by atoms with Gasteiger partial charge < -0.3 is 4.98 Å². The summed E-state index contributed by atoms with van der Waals surface area (Å²) < 4.78 is 79.7. The van der Waals surface area contributed by atoms with Gasteiger partial charge in [0.1, 0.15) is 6.29 Å². The van der Waals surface area contributed by atoms with E-state index in [9.17, 15) is 31.1 Å². The second-order valence-corrected chi connectivity index (χ2v) is 6.57. The van der Waals surface area contributed by atoms with Crippen LogP contribution in [0.1, 0.15) is 21.5 Å². The van der Waals surface area contributed by atoms with E-state index in [0.717, 1.165) is 24.3 Å². The van der Waals surface area contributed by atoms with Crippen LogP contribution in [0, 0.1) is 0 Å². The molecule has 0 radical (unpaired) electrons. The van der Waals surface area contributed by atoms with Gasteiger partial charge in [-0.15, -0.1) is 0 Å². The quantitative estimate of drug-likeness (QED) is 0.286. The van der Waals surface area contributed by atoms with Crippen LogP contribution < -0.4 is 0 Å². The molecule has 0 bridgehead atoms. The van der Waals surface area contributed by atoms with Crippen LogP contribution in [0.15, 0.2) is 54.6 Å². The van der Waals surface area contributed by atoms with Gasteiger partial charge in [-0.2, -0.15) is 26.3 Å². The number of aldehydes is 1. The van der Waals surface area contributed by atoms with Crippen molar-refractivity contribution in [2.45, 2.75) is 12.4 Å². The summed E-state index contributed by atoms with van der Waals surface area (Å²) in [6.45, 7) is 0. The number of rotatable bonds is 2. The van der Waals surface area contributed by atoms with E-state index in [1.54, 1.807) is 0 Å². The van der Waals surface area contributed by atoms with Gasteiger partial charge in [-0.1, -0.05) is 24.3 Å². The predicted molar refractivity (Wildman–Crippen MR) is 96.6 cm³/mol. The molecule has 0 fully saturated rings. The molecule has 0 amide bonds. The smallest absolute Gasteiger partial charge is 0.354 e. The van der Waals surface area contributed by atoms with Crippen molar-refractivity contribution in [3.05, 3.63) is 71.3 Å². The molecule has 0 saturated carbocycles. The average molecular weight is 407 g/mol. The van der Waals surface area contributed by atoms with Gasteiger partial charge in [0.2, 0.25) is 0 Å². The van der Waals surface area contributed by atoms with Crippen molar-refractivity contribution in [2.75, 3.05) is 0 Å². The van der Waals surface area contributed by atoms with Crippen molar-refractivity contribution >= 4 is 28.1 Å². The maximum absolute atomic E-state index is 13.5. The van der Waals surface area contributed by atoms with E-state index >= 15 is 0 Å². The lowest BCUT2D eigenvalue weighted by Gasteiger charge is -2.11. The van der Waals surface area contributed by atoms with Crippen molar-refractivity contribution < 1.29 is 31.1 Å². The molecule has 2 nitrogen and oxygen atoms in total. The van der Waals surface area contributed by atoms with Gasteiger partial charge in [-0.25, -0.2) is 0 Å². The number of fused-ring (bicyclic) bond motifs is 3. The number of alkyl halides is 6. The van der Waals surface area contributed by atoms with Crippen molar-refractivity contribution in [2.24, 2.45) is 0 Å². The zero-order valence-electron chi connectivity index (χ0n) is 14.4. The van der Waals surface area contributed by atoms with Crippen molar-refractivity contribution in [1.29, 1.82) is 0 Å². The highest BCUT2D eigenvalue weighted by Gasteiger charge is 2.33. The molecule has 0 spiro atoms. The lowest BCUT2D eigenvalue weighted by molar-refractivity contribution is -0.138. The third-order valence-corrected chi connectivity index (χ3v) is 4.72. The minimum atomic E-state index is -4.68. The molecule has 0 aliphatic heterocycles. The van der Waals surface area contributed by atoms with E-state index in [4.69, 9.17) is 0 Å². The van der Waals surface area contributed by atoms with Gasteiger partial charge in [-0.3, -0.25) is 4.79 Å². The minimum Gasteiger partial charge on any atom is -0.354 e. The van der Waals surface area contributed by atoms with Crippen molar-refractivity contribution in [1.82, 2.24) is 4.98 Å². The molecule has 0 aliphatic rings. The minimum absolute atomic E-state index is 0.0374. The van der Waals surface area contributed by atoms with Gasteiger partial charge in [0.15, 0.2) is 0 Å². The standard InChI is InChI=1S/C21H11F6NO/c22-20(23,24)13-5-6-18-16(7-13)17-9-14(21(25,26)27)8-15(19(17)28-18)12-3-1-11(10-29)2-4-12/h1-10,28H. The summed E-state index contributed by atoms with van der Waals surface area (Å²) in [7, 11) is 0. The van der Waals surface area contributed by atoms with E-state index in [0.29, 0.717) is 17.4 Å². The van der Waals surface area contributed by atoms with E-state index in [1.807, 2.05) is 0 Å². The van der Waals surface area contributed by atoms with E-state index in [2.05, 4.69) is 4.98 Å². The number of carbonyl (C=O) groups is 1. The van der Waals surface area contributed by atoms with Crippen LogP contribution in [0.4, 0.5) is 26.3 Å². The van der Waals surface area contributed by atoms with Crippen LogP contribution >= 0.6 is 0 Å². The van der Waals surface area contributed by atoms with Crippen LogP contribution in [0.5, 0.6) is 0 Å². The lowest BCUT2D eigenvalue weighted by Crippen LogP contribution is -2.05. The van der Waals surface area contributed by atoms with E-state index < -0.39 is 23.5 Å². The average Bonchev–Trinajstić information content (AvgIpc) is 3.04. The topological polar surface area (TPSA) is 32.9 Å². The number of halogens is 6. The summed E-state index contributed by atoms with van der Waals surface area (Å²) in [5.41, 5.74) is -0.419. The van der Waals surface area contributed by atoms with Gasteiger partial charge in [-0.05, 0) is 35.9 Å². The number of nitrogens with one attached hydrogen (secondary N) is 1. The van der Waals surface area contributed by atoms with Gasteiger partial charge in [0.25, 0.3) is 0 Å². The van der Waals surface area contributed by atoms with Crippen LogP contribution in [0.3, 0.4) is 0 Å². The van der Waals surface area contributed by atoms with Crippen LogP contribution in [-0.2, 0) is 12.4 Å². The number of H-pyrrole nitrogens is 1. The third-order valence-electron chi connectivity index (χ3n) is 4.72. The molecule has 1 heterocycles. The number of aromatic amines is 1. The fourth-order valence-corrected chi connectivity index (χ4v) is 3.31. The molecule has 3 aromatic carbocycles. The Morgan fingerprint density at radius 1 is 0.724 bits per heavy atom. The number of hydrogen-bond acceptors (Lipinski definition) is 1. The summed E-state index contributed by atoms with van der Waals surface area (Å²) in [4.78, 5) is 13.8. The highest BCUT2D eigenvalue weighted by Crippen LogP contribution is 2.41. The van der Waals surface area contributed by atoms with Crippen molar-refractivity contribution in [3.63, 3.8) is 0 Å².